The summed E-state index contributed by atoms with van der Waals surface area (Å²) in [5.74, 6) is -2.01. The summed E-state index contributed by atoms with van der Waals surface area (Å²) < 4.78 is 0. The molecule has 0 aliphatic carbocycles. The van der Waals surface area contributed by atoms with Gasteiger partial charge in [-0.1, -0.05) is 45.4 Å². The summed E-state index contributed by atoms with van der Waals surface area (Å²) >= 11 is 0. The molecule has 4 nitrogen and oxygen atoms in total. The number of aliphatic carboxylic acids is 1. The van der Waals surface area contributed by atoms with Gasteiger partial charge in [0, 0.05) is 6.42 Å². The van der Waals surface area contributed by atoms with E-state index in [2.05, 4.69) is 6.92 Å². The maximum absolute atomic E-state index is 10.8. The molecule has 4 heteroatoms. The van der Waals surface area contributed by atoms with Crippen LogP contribution in [-0.4, -0.2) is 28.1 Å². The van der Waals surface area contributed by atoms with Crippen molar-refractivity contribution < 1.29 is 19.8 Å². The van der Waals surface area contributed by atoms with Crippen LogP contribution in [-0.2, 0) is 9.59 Å². The SMILES string of the molecule is CCCCC(O)CCCCCCCC(=O)C(=O)O. The van der Waals surface area contributed by atoms with Crippen molar-refractivity contribution in [2.45, 2.75) is 77.2 Å². The summed E-state index contributed by atoms with van der Waals surface area (Å²) in [6.07, 6.45) is 8.54. The maximum atomic E-state index is 10.8. The third kappa shape index (κ3) is 10.3. The summed E-state index contributed by atoms with van der Waals surface area (Å²) in [6, 6.07) is 0. The number of carbonyl (C=O) groups excluding carboxylic acids is 1. The number of carboxylic acids is 1. The second-order valence-corrected chi connectivity index (χ2v) is 4.83. The van der Waals surface area contributed by atoms with Crippen LogP contribution in [0.2, 0.25) is 0 Å². The predicted molar refractivity (Wildman–Crippen MR) is 70.5 cm³/mol. The summed E-state index contributed by atoms with van der Waals surface area (Å²) in [6.45, 7) is 2.12. The third-order valence-electron chi connectivity index (χ3n) is 3.07. The molecule has 0 saturated heterocycles. The summed E-state index contributed by atoms with van der Waals surface area (Å²) in [4.78, 5) is 21.0. The Morgan fingerprint density at radius 2 is 1.50 bits per heavy atom. The highest BCUT2D eigenvalue weighted by atomic mass is 16.4. The number of aliphatic hydroxyl groups excluding tert-OH is 1. The van der Waals surface area contributed by atoms with Crippen LogP contribution in [0.5, 0.6) is 0 Å². The number of rotatable bonds is 12. The fourth-order valence-corrected chi connectivity index (χ4v) is 1.89. The molecule has 0 saturated carbocycles. The predicted octanol–water partition coefficient (Wildman–Crippen LogP) is 2.92. The van der Waals surface area contributed by atoms with Crippen LogP contribution in [0.25, 0.3) is 0 Å². The zero-order valence-electron chi connectivity index (χ0n) is 11.4. The highest BCUT2D eigenvalue weighted by Crippen LogP contribution is 2.12. The molecule has 0 rings (SSSR count). The second kappa shape index (κ2) is 11.2. The number of aliphatic hydroxyl groups is 1. The van der Waals surface area contributed by atoms with Gasteiger partial charge in [-0.2, -0.15) is 0 Å². The first-order valence-electron chi connectivity index (χ1n) is 7.02. The molecule has 0 aromatic rings. The van der Waals surface area contributed by atoms with E-state index in [1.165, 1.54) is 0 Å². The first kappa shape index (κ1) is 17.1. The monoisotopic (exact) mass is 258 g/mol. The Morgan fingerprint density at radius 1 is 0.944 bits per heavy atom. The van der Waals surface area contributed by atoms with Gasteiger partial charge in [0.15, 0.2) is 0 Å². The normalized spacial score (nSPS) is 12.3. The van der Waals surface area contributed by atoms with Crippen molar-refractivity contribution in [3.05, 3.63) is 0 Å². The molecule has 0 heterocycles. The van der Waals surface area contributed by atoms with Gasteiger partial charge in [0.05, 0.1) is 6.10 Å². The topological polar surface area (TPSA) is 74.6 Å². The number of hydrogen-bond acceptors (Lipinski definition) is 3. The van der Waals surface area contributed by atoms with E-state index >= 15 is 0 Å². The van der Waals surface area contributed by atoms with Gasteiger partial charge in [-0.3, -0.25) is 4.79 Å². The third-order valence-corrected chi connectivity index (χ3v) is 3.07. The van der Waals surface area contributed by atoms with Crippen molar-refractivity contribution >= 4 is 11.8 Å². The lowest BCUT2D eigenvalue weighted by molar-refractivity contribution is -0.149. The molecule has 0 amide bonds. The Hall–Kier alpha value is -0.900. The number of ketones is 1. The minimum Gasteiger partial charge on any atom is -0.476 e. The van der Waals surface area contributed by atoms with Gasteiger partial charge in [0.25, 0.3) is 0 Å². The molecular weight excluding hydrogens is 232 g/mol. The van der Waals surface area contributed by atoms with Crippen LogP contribution < -0.4 is 0 Å². The Kier molecular flexibility index (Phi) is 10.6. The van der Waals surface area contributed by atoms with Crippen molar-refractivity contribution in [3.8, 4) is 0 Å². The molecule has 0 aromatic heterocycles. The van der Waals surface area contributed by atoms with Gasteiger partial charge in [0.2, 0.25) is 5.78 Å². The Bertz CT molecular complexity index is 238. The van der Waals surface area contributed by atoms with Gasteiger partial charge >= 0.3 is 5.97 Å². The number of hydrogen-bond donors (Lipinski definition) is 2. The number of carbonyl (C=O) groups is 2. The highest BCUT2D eigenvalue weighted by molar-refractivity contribution is 6.32. The smallest absolute Gasteiger partial charge is 0.372 e. The second-order valence-electron chi connectivity index (χ2n) is 4.83. The number of Topliss-reactive ketones (excluding diaryl/α,β-unsaturated/α-hetero) is 1. The lowest BCUT2D eigenvalue weighted by Crippen LogP contribution is -2.11. The van der Waals surface area contributed by atoms with Crippen LogP contribution in [0, 0.1) is 0 Å². The first-order valence-corrected chi connectivity index (χ1v) is 7.02. The average Bonchev–Trinajstić information content (AvgIpc) is 2.34. The van der Waals surface area contributed by atoms with Gasteiger partial charge in [-0.25, -0.2) is 4.79 Å². The average molecular weight is 258 g/mol. The zero-order chi connectivity index (χ0) is 13.8. The van der Waals surface area contributed by atoms with Crippen molar-refractivity contribution in [1.82, 2.24) is 0 Å². The molecule has 0 bridgehead atoms. The molecule has 106 valence electrons. The van der Waals surface area contributed by atoms with Crippen LogP contribution in [0.3, 0.4) is 0 Å². The highest BCUT2D eigenvalue weighted by Gasteiger charge is 2.09. The van der Waals surface area contributed by atoms with E-state index in [4.69, 9.17) is 5.11 Å². The number of carboxylic acid groups (broad SMARTS) is 1. The minimum atomic E-state index is -1.32. The fourth-order valence-electron chi connectivity index (χ4n) is 1.89. The van der Waals surface area contributed by atoms with Crippen LogP contribution in [0.4, 0.5) is 0 Å². The molecule has 2 N–H and O–H groups in total. The van der Waals surface area contributed by atoms with Crippen LogP contribution in [0.15, 0.2) is 0 Å². The summed E-state index contributed by atoms with van der Waals surface area (Å²) in [7, 11) is 0. The Morgan fingerprint density at radius 3 is 2.11 bits per heavy atom. The number of unbranched alkanes of at least 4 members (excludes halogenated alkanes) is 5. The van der Waals surface area contributed by atoms with E-state index in [1.807, 2.05) is 0 Å². The van der Waals surface area contributed by atoms with E-state index in [9.17, 15) is 14.7 Å². The molecule has 18 heavy (non-hydrogen) atoms. The quantitative estimate of drug-likeness (QED) is 0.417. The van der Waals surface area contributed by atoms with E-state index in [1.54, 1.807) is 0 Å². The maximum Gasteiger partial charge on any atom is 0.372 e. The van der Waals surface area contributed by atoms with Gasteiger partial charge in [-0.15, -0.1) is 0 Å². The van der Waals surface area contributed by atoms with E-state index < -0.39 is 11.8 Å². The lowest BCUT2D eigenvalue weighted by atomic mass is 10.0. The molecule has 0 fully saturated rings. The first-order chi connectivity index (χ1) is 8.57. The Balaban J connectivity index is 3.25. The molecular formula is C14H26O4. The van der Waals surface area contributed by atoms with Crippen LogP contribution >= 0.6 is 0 Å². The van der Waals surface area contributed by atoms with Crippen molar-refractivity contribution in [1.29, 1.82) is 0 Å². The summed E-state index contributed by atoms with van der Waals surface area (Å²) in [5.41, 5.74) is 0. The van der Waals surface area contributed by atoms with E-state index in [-0.39, 0.29) is 12.5 Å². The molecule has 1 unspecified atom stereocenters. The molecule has 1 atom stereocenters. The Labute approximate surface area is 109 Å². The van der Waals surface area contributed by atoms with Crippen molar-refractivity contribution in [2.75, 3.05) is 0 Å². The lowest BCUT2D eigenvalue weighted by Gasteiger charge is -2.09. The largest absolute Gasteiger partial charge is 0.476 e. The fraction of sp³-hybridized carbons (Fsp3) is 0.857. The van der Waals surface area contributed by atoms with Gasteiger partial charge in [0.1, 0.15) is 0 Å². The summed E-state index contributed by atoms with van der Waals surface area (Å²) in [5, 5.41) is 18.0. The van der Waals surface area contributed by atoms with Gasteiger partial charge < -0.3 is 10.2 Å². The van der Waals surface area contributed by atoms with Gasteiger partial charge in [-0.05, 0) is 19.3 Å². The molecule has 0 spiro atoms. The standard InChI is InChI=1S/C14H26O4/c1-2-3-9-12(15)10-7-5-4-6-8-11-13(16)14(17)18/h12,15H,2-11H2,1H3,(H,17,18). The molecule has 0 radical (unpaired) electrons. The minimum absolute atomic E-state index is 0.147. The van der Waals surface area contributed by atoms with Crippen molar-refractivity contribution in [3.63, 3.8) is 0 Å². The van der Waals surface area contributed by atoms with E-state index in [0.717, 1.165) is 51.4 Å². The molecule has 0 aliphatic rings. The van der Waals surface area contributed by atoms with Crippen molar-refractivity contribution in [2.24, 2.45) is 0 Å². The zero-order valence-corrected chi connectivity index (χ0v) is 11.4. The molecule has 0 aliphatic heterocycles. The molecule has 0 aromatic carbocycles. The van der Waals surface area contributed by atoms with Crippen LogP contribution in [0.1, 0.15) is 71.1 Å². The van der Waals surface area contributed by atoms with E-state index in [0.29, 0.717) is 6.42 Å².